The lowest BCUT2D eigenvalue weighted by molar-refractivity contribution is 0.492. The van der Waals surface area contributed by atoms with Gasteiger partial charge in [0.1, 0.15) is 5.75 Å². The SMILES string of the molecule is CCNc1cccc(O[Si](C)(C)C(C)(C)C)c1. The first-order chi connectivity index (χ1) is 7.76. The van der Waals surface area contributed by atoms with E-state index >= 15 is 0 Å². The van der Waals surface area contributed by atoms with E-state index in [2.05, 4.69) is 58.2 Å². The van der Waals surface area contributed by atoms with Gasteiger partial charge in [-0.1, -0.05) is 26.8 Å². The van der Waals surface area contributed by atoms with Gasteiger partial charge in [-0.15, -0.1) is 0 Å². The first kappa shape index (κ1) is 14.1. The Hall–Kier alpha value is -0.963. The Bertz CT molecular complexity index is 369. The van der Waals surface area contributed by atoms with Crippen molar-refractivity contribution in [3.63, 3.8) is 0 Å². The number of hydrogen-bond acceptors (Lipinski definition) is 2. The molecule has 0 amide bonds. The number of benzene rings is 1. The smallest absolute Gasteiger partial charge is 0.250 e. The molecule has 0 fully saturated rings. The molecule has 0 aliphatic heterocycles. The minimum Gasteiger partial charge on any atom is -0.543 e. The molecule has 1 aromatic rings. The van der Waals surface area contributed by atoms with Gasteiger partial charge in [0, 0.05) is 18.3 Å². The second kappa shape index (κ2) is 5.13. The molecule has 0 saturated carbocycles. The van der Waals surface area contributed by atoms with E-state index < -0.39 is 8.32 Å². The van der Waals surface area contributed by atoms with E-state index in [-0.39, 0.29) is 5.04 Å². The number of rotatable bonds is 4. The standard InChI is InChI=1S/C14H25NOSi/c1-7-15-12-9-8-10-13(11-12)16-17(5,6)14(2,3)4/h8-11,15H,7H2,1-6H3. The minimum atomic E-state index is -1.72. The highest BCUT2D eigenvalue weighted by atomic mass is 28.4. The predicted molar refractivity (Wildman–Crippen MR) is 78.4 cm³/mol. The molecule has 0 aliphatic rings. The van der Waals surface area contributed by atoms with Gasteiger partial charge in [-0.3, -0.25) is 0 Å². The Morgan fingerprint density at radius 3 is 2.41 bits per heavy atom. The molecule has 0 radical (unpaired) electrons. The Morgan fingerprint density at radius 1 is 1.24 bits per heavy atom. The van der Waals surface area contributed by atoms with Crippen LogP contribution in [0.25, 0.3) is 0 Å². The second-order valence-corrected chi connectivity index (χ2v) is 10.6. The van der Waals surface area contributed by atoms with Crippen molar-refractivity contribution in [3.8, 4) is 5.75 Å². The van der Waals surface area contributed by atoms with Gasteiger partial charge in [-0.25, -0.2) is 0 Å². The van der Waals surface area contributed by atoms with Gasteiger partial charge in [0.05, 0.1) is 0 Å². The first-order valence-corrected chi connectivity index (χ1v) is 9.20. The van der Waals surface area contributed by atoms with Crippen LogP contribution in [0.1, 0.15) is 27.7 Å². The van der Waals surface area contributed by atoms with Crippen molar-refractivity contribution in [2.75, 3.05) is 11.9 Å². The molecular formula is C14H25NOSi. The molecule has 0 heterocycles. The summed E-state index contributed by atoms with van der Waals surface area (Å²) in [6, 6.07) is 8.24. The van der Waals surface area contributed by atoms with Gasteiger partial charge in [-0.05, 0) is 37.2 Å². The highest BCUT2D eigenvalue weighted by Crippen LogP contribution is 2.37. The molecule has 1 aromatic carbocycles. The zero-order valence-electron chi connectivity index (χ0n) is 11.9. The van der Waals surface area contributed by atoms with Crippen LogP contribution in [-0.4, -0.2) is 14.9 Å². The molecule has 0 bridgehead atoms. The van der Waals surface area contributed by atoms with Gasteiger partial charge in [0.2, 0.25) is 8.32 Å². The summed E-state index contributed by atoms with van der Waals surface area (Å²) in [6.07, 6.45) is 0. The normalized spacial score (nSPS) is 12.4. The third kappa shape index (κ3) is 3.77. The minimum absolute atomic E-state index is 0.237. The van der Waals surface area contributed by atoms with Crippen molar-refractivity contribution in [1.82, 2.24) is 0 Å². The van der Waals surface area contributed by atoms with Gasteiger partial charge in [-0.2, -0.15) is 0 Å². The van der Waals surface area contributed by atoms with E-state index in [4.69, 9.17) is 4.43 Å². The van der Waals surface area contributed by atoms with Gasteiger partial charge in [0.25, 0.3) is 0 Å². The van der Waals surface area contributed by atoms with Gasteiger partial charge in [0.15, 0.2) is 0 Å². The maximum Gasteiger partial charge on any atom is 0.250 e. The monoisotopic (exact) mass is 251 g/mol. The van der Waals surface area contributed by atoms with E-state index in [1.807, 2.05) is 12.1 Å². The third-order valence-electron chi connectivity index (χ3n) is 3.39. The molecular weight excluding hydrogens is 226 g/mol. The van der Waals surface area contributed by atoms with Gasteiger partial charge < -0.3 is 9.74 Å². The highest BCUT2D eigenvalue weighted by molar-refractivity contribution is 6.74. The van der Waals surface area contributed by atoms with Gasteiger partial charge >= 0.3 is 0 Å². The summed E-state index contributed by atoms with van der Waals surface area (Å²) < 4.78 is 6.25. The molecule has 96 valence electrons. The van der Waals surface area contributed by atoms with E-state index in [9.17, 15) is 0 Å². The summed E-state index contributed by atoms with van der Waals surface area (Å²) in [5, 5.41) is 3.55. The summed E-state index contributed by atoms with van der Waals surface area (Å²) in [7, 11) is -1.72. The summed E-state index contributed by atoms with van der Waals surface area (Å²) in [5.41, 5.74) is 1.13. The average molecular weight is 251 g/mol. The van der Waals surface area contributed by atoms with E-state index in [1.165, 1.54) is 0 Å². The van der Waals surface area contributed by atoms with Crippen molar-refractivity contribution in [2.45, 2.75) is 45.8 Å². The Labute approximate surface area is 107 Å². The van der Waals surface area contributed by atoms with Crippen LogP contribution in [0.15, 0.2) is 24.3 Å². The zero-order chi connectivity index (χ0) is 13.1. The second-order valence-electron chi connectivity index (χ2n) is 5.92. The molecule has 2 nitrogen and oxygen atoms in total. The van der Waals surface area contributed by atoms with Crippen LogP contribution in [0, 0.1) is 0 Å². The molecule has 0 aromatic heterocycles. The fourth-order valence-electron chi connectivity index (χ4n) is 1.32. The molecule has 17 heavy (non-hydrogen) atoms. The molecule has 1 N–H and O–H groups in total. The topological polar surface area (TPSA) is 21.3 Å². The number of hydrogen-bond donors (Lipinski definition) is 1. The van der Waals surface area contributed by atoms with Crippen LogP contribution in [0.3, 0.4) is 0 Å². The molecule has 0 atom stereocenters. The first-order valence-electron chi connectivity index (χ1n) is 6.29. The van der Waals surface area contributed by atoms with Crippen LogP contribution in [0.2, 0.25) is 18.1 Å². The van der Waals surface area contributed by atoms with Crippen LogP contribution in [0.5, 0.6) is 5.75 Å². The lowest BCUT2D eigenvalue weighted by Gasteiger charge is -2.36. The van der Waals surface area contributed by atoms with E-state index in [1.54, 1.807) is 0 Å². The van der Waals surface area contributed by atoms with Crippen molar-refractivity contribution in [2.24, 2.45) is 0 Å². The molecule has 0 aliphatic carbocycles. The van der Waals surface area contributed by atoms with E-state index in [0.717, 1.165) is 18.0 Å². The molecule has 3 heteroatoms. The van der Waals surface area contributed by atoms with Crippen LogP contribution in [0.4, 0.5) is 5.69 Å². The largest absolute Gasteiger partial charge is 0.543 e. The maximum atomic E-state index is 6.25. The van der Waals surface area contributed by atoms with Crippen molar-refractivity contribution in [3.05, 3.63) is 24.3 Å². The molecule has 0 unspecified atom stereocenters. The van der Waals surface area contributed by atoms with Crippen LogP contribution < -0.4 is 9.74 Å². The zero-order valence-corrected chi connectivity index (χ0v) is 12.9. The summed E-state index contributed by atoms with van der Waals surface area (Å²) in [5.74, 6) is 0.982. The highest BCUT2D eigenvalue weighted by Gasteiger charge is 2.38. The number of nitrogens with one attached hydrogen (secondary N) is 1. The summed E-state index contributed by atoms with van der Waals surface area (Å²) >= 11 is 0. The van der Waals surface area contributed by atoms with Crippen molar-refractivity contribution in [1.29, 1.82) is 0 Å². The molecule has 0 spiro atoms. The number of anilines is 1. The van der Waals surface area contributed by atoms with Crippen molar-refractivity contribution >= 4 is 14.0 Å². The molecule has 0 saturated heterocycles. The Kier molecular flexibility index (Phi) is 4.25. The Morgan fingerprint density at radius 2 is 1.88 bits per heavy atom. The fraction of sp³-hybridized carbons (Fsp3) is 0.571. The quantitative estimate of drug-likeness (QED) is 0.795. The lowest BCUT2D eigenvalue weighted by atomic mass is 10.2. The van der Waals surface area contributed by atoms with E-state index in [0.29, 0.717) is 0 Å². The fourth-order valence-corrected chi connectivity index (χ4v) is 2.34. The predicted octanol–water partition coefficient (Wildman–Crippen LogP) is 4.50. The summed E-state index contributed by atoms with van der Waals surface area (Å²) in [6.45, 7) is 14.3. The average Bonchev–Trinajstić information content (AvgIpc) is 2.16. The van der Waals surface area contributed by atoms with Crippen molar-refractivity contribution < 1.29 is 4.43 Å². The van der Waals surface area contributed by atoms with Crippen LogP contribution >= 0.6 is 0 Å². The molecule has 1 rings (SSSR count). The summed E-state index contributed by atoms with van der Waals surface area (Å²) in [4.78, 5) is 0. The Balaban J connectivity index is 2.84. The lowest BCUT2D eigenvalue weighted by Crippen LogP contribution is -2.43. The third-order valence-corrected chi connectivity index (χ3v) is 7.75. The maximum absolute atomic E-state index is 6.25. The van der Waals surface area contributed by atoms with Crippen LogP contribution in [-0.2, 0) is 0 Å².